The summed E-state index contributed by atoms with van der Waals surface area (Å²) >= 11 is 12.1. The van der Waals surface area contributed by atoms with E-state index in [1.54, 1.807) is 12.1 Å². The second kappa shape index (κ2) is 6.20. The highest BCUT2D eigenvalue weighted by atomic mass is 35.5. The van der Waals surface area contributed by atoms with Gasteiger partial charge in [-0.25, -0.2) is 8.42 Å². The summed E-state index contributed by atoms with van der Waals surface area (Å²) in [5.41, 5.74) is 1.00. The Labute approximate surface area is 140 Å². The van der Waals surface area contributed by atoms with Gasteiger partial charge in [-0.05, 0) is 30.5 Å². The van der Waals surface area contributed by atoms with Crippen molar-refractivity contribution in [2.45, 2.75) is 23.8 Å². The first kappa shape index (κ1) is 15.8. The van der Waals surface area contributed by atoms with Gasteiger partial charge in [0, 0.05) is 6.54 Å². The van der Waals surface area contributed by atoms with Gasteiger partial charge in [-0.15, -0.1) is 0 Å². The van der Waals surface area contributed by atoms with Crippen molar-refractivity contribution in [3.63, 3.8) is 0 Å². The molecule has 1 heterocycles. The van der Waals surface area contributed by atoms with Crippen LogP contribution >= 0.6 is 23.2 Å². The summed E-state index contributed by atoms with van der Waals surface area (Å²) in [7, 11) is -3.67. The SMILES string of the molecule is O=S(=O)(c1cccc(Cl)c1Cl)N1CCC[C@H]1c1ccccc1. The van der Waals surface area contributed by atoms with Crippen LogP contribution in [0.15, 0.2) is 53.4 Å². The summed E-state index contributed by atoms with van der Waals surface area (Å²) in [5, 5.41) is 0.334. The lowest BCUT2D eigenvalue weighted by atomic mass is 10.1. The molecule has 0 aromatic heterocycles. The number of nitrogens with zero attached hydrogens (tertiary/aromatic N) is 1. The van der Waals surface area contributed by atoms with E-state index in [1.807, 2.05) is 30.3 Å². The Morgan fingerprint density at radius 1 is 1.00 bits per heavy atom. The Bertz CT molecular complexity index is 778. The summed E-state index contributed by atoms with van der Waals surface area (Å²) in [5.74, 6) is 0. The molecule has 0 saturated carbocycles. The van der Waals surface area contributed by atoms with Gasteiger partial charge in [-0.3, -0.25) is 0 Å². The zero-order valence-corrected chi connectivity index (χ0v) is 14.1. The third-order valence-corrected chi connectivity index (χ3v) is 6.77. The van der Waals surface area contributed by atoms with E-state index in [-0.39, 0.29) is 21.0 Å². The van der Waals surface area contributed by atoms with E-state index in [1.165, 1.54) is 10.4 Å². The molecule has 1 aliphatic rings. The van der Waals surface area contributed by atoms with Gasteiger partial charge < -0.3 is 0 Å². The van der Waals surface area contributed by atoms with Crippen LogP contribution in [0.3, 0.4) is 0 Å². The molecule has 6 heteroatoms. The number of halogens is 2. The molecule has 1 saturated heterocycles. The first-order valence-corrected chi connectivity index (χ1v) is 9.22. The summed E-state index contributed by atoms with van der Waals surface area (Å²) in [6, 6.07) is 14.2. The number of hydrogen-bond acceptors (Lipinski definition) is 2. The van der Waals surface area contributed by atoms with Gasteiger partial charge in [0.2, 0.25) is 10.0 Å². The molecule has 0 aliphatic carbocycles. The number of hydrogen-bond donors (Lipinski definition) is 0. The second-order valence-electron chi connectivity index (χ2n) is 5.24. The molecule has 0 spiro atoms. The molecule has 3 rings (SSSR count). The number of rotatable bonds is 3. The van der Waals surface area contributed by atoms with E-state index in [9.17, 15) is 8.42 Å². The largest absolute Gasteiger partial charge is 0.245 e. The maximum absolute atomic E-state index is 13.0. The Balaban J connectivity index is 2.03. The van der Waals surface area contributed by atoms with Crippen LogP contribution in [-0.4, -0.2) is 19.3 Å². The molecule has 116 valence electrons. The normalized spacial score (nSPS) is 19.5. The number of benzene rings is 2. The summed E-state index contributed by atoms with van der Waals surface area (Å²) in [6.07, 6.45) is 1.64. The van der Waals surface area contributed by atoms with Crippen molar-refractivity contribution in [1.82, 2.24) is 4.31 Å². The highest BCUT2D eigenvalue weighted by molar-refractivity contribution is 7.89. The lowest BCUT2D eigenvalue weighted by Crippen LogP contribution is -2.30. The van der Waals surface area contributed by atoms with Crippen LogP contribution in [0.5, 0.6) is 0 Å². The third kappa shape index (κ3) is 2.76. The average Bonchev–Trinajstić information content (AvgIpc) is 3.01. The monoisotopic (exact) mass is 355 g/mol. The minimum Gasteiger partial charge on any atom is -0.207 e. The third-order valence-electron chi connectivity index (χ3n) is 3.89. The van der Waals surface area contributed by atoms with Crippen molar-refractivity contribution < 1.29 is 8.42 Å². The summed E-state index contributed by atoms with van der Waals surface area (Å²) in [4.78, 5) is 0.0736. The van der Waals surface area contributed by atoms with E-state index >= 15 is 0 Å². The van der Waals surface area contributed by atoms with Gasteiger partial charge in [-0.2, -0.15) is 4.31 Å². The zero-order valence-electron chi connectivity index (χ0n) is 11.7. The summed E-state index contributed by atoms with van der Waals surface area (Å²) < 4.78 is 27.5. The molecule has 0 N–H and O–H groups in total. The van der Waals surface area contributed by atoms with Gasteiger partial charge >= 0.3 is 0 Å². The lowest BCUT2D eigenvalue weighted by Gasteiger charge is -2.25. The molecule has 22 heavy (non-hydrogen) atoms. The van der Waals surface area contributed by atoms with Crippen molar-refractivity contribution >= 4 is 33.2 Å². The van der Waals surface area contributed by atoms with Crippen molar-refractivity contribution in [2.75, 3.05) is 6.54 Å². The first-order chi connectivity index (χ1) is 10.5. The van der Waals surface area contributed by atoms with Gasteiger partial charge in [-0.1, -0.05) is 59.6 Å². The maximum Gasteiger partial charge on any atom is 0.245 e. The minimum atomic E-state index is -3.67. The van der Waals surface area contributed by atoms with Crippen LogP contribution in [0, 0.1) is 0 Å². The van der Waals surface area contributed by atoms with Gasteiger partial charge in [0.25, 0.3) is 0 Å². The molecular formula is C16H15Cl2NO2S. The van der Waals surface area contributed by atoms with Crippen molar-refractivity contribution in [1.29, 1.82) is 0 Å². The maximum atomic E-state index is 13.0. The summed E-state index contributed by atoms with van der Waals surface area (Å²) in [6.45, 7) is 0.491. The fourth-order valence-corrected chi connectivity index (χ4v) is 5.27. The number of sulfonamides is 1. The van der Waals surface area contributed by atoms with E-state index in [0.29, 0.717) is 6.54 Å². The fraction of sp³-hybridized carbons (Fsp3) is 0.250. The highest BCUT2D eigenvalue weighted by Gasteiger charge is 2.37. The molecule has 1 fully saturated rings. The van der Waals surface area contributed by atoms with Crippen molar-refractivity contribution in [3.05, 3.63) is 64.1 Å². The van der Waals surface area contributed by atoms with Crippen LogP contribution < -0.4 is 0 Å². The van der Waals surface area contributed by atoms with E-state index in [2.05, 4.69) is 0 Å². The molecule has 1 aliphatic heterocycles. The van der Waals surface area contributed by atoms with Crippen LogP contribution in [0.25, 0.3) is 0 Å². The van der Waals surface area contributed by atoms with Crippen LogP contribution in [-0.2, 0) is 10.0 Å². The topological polar surface area (TPSA) is 37.4 Å². The molecule has 1 atom stereocenters. The Morgan fingerprint density at radius 2 is 1.73 bits per heavy atom. The molecular weight excluding hydrogens is 341 g/mol. The Kier molecular flexibility index (Phi) is 4.46. The molecule has 2 aromatic carbocycles. The van der Waals surface area contributed by atoms with E-state index in [4.69, 9.17) is 23.2 Å². The molecule has 0 amide bonds. The predicted molar refractivity (Wildman–Crippen MR) is 88.8 cm³/mol. The Morgan fingerprint density at radius 3 is 2.45 bits per heavy atom. The minimum absolute atomic E-state index is 0.0736. The van der Waals surface area contributed by atoms with Crippen LogP contribution in [0.1, 0.15) is 24.4 Å². The Hall–Kier alpha value is -1.07. The molecule has 3 nitrogen and oxygen atoms in total. The molecule has 2 aromatic rings. The first-order valence-electron chi connectivity index (χ1n) is 7.02. The highest BCUT2D eigenvalue weighted by Crippen LogP contribution is 2.39. The molecule has 0 radical (unpaired) electrons. The van der Waals surface area contributed by atoms with Gasteiger partial charge in [0.05, 0.1) is 16.1 Å². The quantitative estimate of drug-likeness (QED) is 0.811. The predicted octanol–water partition coefficient (Wildman–Crippen LogP) is 4.52. The van der Waals surface area contributed by atoms with Crippen molar-refractivity contribution in [3.8, 4) is 0 Å². The lowest BCUT2D eigenvalue weighted by molar-refractivity contribution is 0.397. The van der Waals surface area contributed by atoms with E-state index in [0.717, 1.165) is 18.4 Å². The standard InChI is InChI=1S/C16H15Cl2NO2S/c17-13-8-4-10-15(16(13)18)22(20,21)19-11-5-9-14(19)12-6-2-1-3-7-12/h1-4,6-8,10,14H,5,9,11H2/t14-/m0/s1. The van der Waals surface area contributed by atoms with Crippen LogP contribution in [0.4, 0.5) is 0 Å². The zero-order chi connectivity index (χ0) is 15.7. The fourth-order valence-electron chi connectivity index (χ4n) is 2.85. The molecule has 0 bridgehead atoms. The van der Waals surface area contributed by atoms with Crippen molar-refractivity contribution in [2.24, 2.45) is 0 Å². The smallest absolute Gasteiger partial charge is 0.207 e. The molecule has 0 unspecified atom stereocenters. The van der Waals surface area contributed by atoms with Gasteiger partial charge in [0.1, 0.15) is 4.90 Å². The van der Waals surface area contributed by atoms with Gasteiger partial charge in [0.15, 0.2) is 0 Å². The van der Waals surface area contributed by atoms with Crippen LogP contribution in [0.2, 0.25) is 10.0 Å². The van der Waals surface area contributed by atoms with E-state index < -0.39 is 10.0 Å². The second-order valence-corrected chi connectivity index (χ2v) is 7.88. The average molecular weight is 356 g/mol.